The number of allylic oxidation sites excluding steroid dienone is 2. The molecule has 2 heteroatoms. The number of rotatable bonds is 2. The summed E-state index contributed by atoms with van der Waals surface area (Å²) in [5.41, 5.74) is 1.24. The van der Waals surface area contributed by atoms with E-state index in [4.69, 9.17) is 0 Å². The molecular weight excluding hydrogens is 112 g/mol. The second kappa shape index (κ2) is 5.22. The molecular formula is C7H12N2. The molecule has 9 heavy (non-hydrogen) atoms. The van der Waals surface area contributed by atoms with E-state index >= 15 is 0 Å². The monoisotopic (exact) mass is 124 g/mol. The lowest BCUT2D eigenvalue weighted by molar-refractivity contribution is 1.40. The third-order valence-electron chi connectivity index (χ3n) is 0.676. The Morgan fingerprint density at radius 2 is 2.00 bits per heavy atom. The first-order chi connectivity index (χ1) is 4.27. The van der Waals surface area contributed by atoms with Crippen LogP contribution in [-0.2, 0) is 0 Å². The summed E-state index contributed by atoms with van der Waals surface area (Å²) in [5, 5.41) is 0. The minimum Gasteiger partial charge on any atom is -0.277 e. The zero-order valence-corrected chi connectivity index (χ0v) is 6.13. The van der Waals surface area contributed by atoms with Crippen LogP contribution in [0.4, 0.5) is 0 Å². The van der Waals surface area contributed by atoms with Crippen LogP contribution in [0.5, 0.6) is 0 Å². The van der Waals surface area contributed by atoms with Crippen molar-refractivity contribution < 1.29 is 0 Å². The Kier molecular flexibility index (Phi) is 4.69. The van der Waals surface area contributed by atoms with Gasteiger partial charge in [0.1, 0.15) is 6.34 Å². The van der Waals surface area contributed by atoms with E-state index in [1.807, 2.05) is 19.9 Å². The fourth-order valence-electron chi connectivity index (χ4n) is 0.297. The van der Waals surface area contributed by atoms with Crippen molar-refractivity contribution in [1.29, 1.82) is 0 Å². The summed E-state index contributed by atoms with van der Waals surface area (Å²) >= 11 is 0. The molecule has 2 nitrogen and oxygen atoms in total. The molecule has 0 aliphatic heterocycles. The van der Waals surface area contributed by atoms with Gasteiger partial charge in [-0.15, -0.1) is 0 Å². The van der Waals surface area contributed by atoms with Gasteiger partial charge in [0.05, 0.1) is 0 Å². The van der Waals surface area contributed by atoms with Gasteiger partial charge >= 0.3 is 0 Å². The summed E-state index contributed by atoms with van der Waals surface area (Å²) in [6, 6.07) is 0. The molecule has 0 amide bonds. The number of aliphatic imine (C=N–C) groups is 2. The average molecular weight is 124 g/mol. The molecule has 0 aromatic heterocycles. The lowest BCUT2D eigenvalue weighted by atomic mass is 10.3. The molecule has 0 spiro atoms. The van der Waals surface area contributed by atoms with Gasteiger partial charge < -0.3 is 0 Å². The Morgan fingerprint density at radius 1 is 1.33 bits per heavy atom. The smallest absolute Gasteiger partial charge is 0.109 e. The van der Waals surface area contributed by atoms with Crippen LogP contribution >= 0.6 is 0 Å². The van der Waals surface area contributed by atoms with E-state index in [1.54, 1.807) is 13.3 Å². The summed E-state index contributed by atoms with van der Waals surface area (Å²) in [6.45, 7) is 4.05. The van der Waals surface area contributed by atoms with Crippen molar-refractivity contribution in [3.8, 4) is 0 Å². The Balaban J connectivity index is 3.60. The summed E-state index contributed by atoms with van der Waals surface area (Å²) < 4.78 is 0. The van der Waals surface area contributed by atoms with Crippen LogP contribution in [0.1, 0.15) is 13.8 Å². The second-order valence-electron chi connectivity index (χ2n) is 1.92. The molecule has 0 saturated carbocycles. The van der Waals surface area contributed by atoms with Crippen molar-refractivity contribution in [1.82, 2.24) is 0 Å². The number of hydrogen-bond acceptors (Lipinski definition) is 1. The summed E-state index contributed by atoms with van der Waals surface area (Å²) in [4.78, 5) is 7.52. The molecule has 0 atom stereocenters. The first-order valence-electron chi connectivity index (χ1n) is 2.84. The number of hydrogen-bond donors (Lipinski definition) is 0. The Labute approximate surface area is 56.0 Å². The molecule has 0 aliphatic rings. The molecule has 0 unspecified atom stereocenters. The van der Waals surface area contributed by atoms with Crippen molar-refractivity contribution >= 4 is 12.6 Å². The van der Waals surface area contributed by atoms with Gasteiger partial charge in [0, 0.05) is 13.3 Å². The highest BCUT2D eigenvalue weighted by Crippen LogP contribution is 1.83. The Bertz CT molecular complexity index is 139. The third kappa shape index (κ3) is 7.08. The normalized spacial score (nSPS) is 11.0. The van der Waals surface area contributed by atoms with Gasteiger partial charge in [-0.05, 0) is 19.9 Å². The maximum absolute atomic E-state index is 3.84. The molecule has 0 aliphatic carbocycles. The molecule has 0 radical (unpaired) electrons. The van der Waals surface area contributed by atoms with Crippen molar-refractivity contribution in [2.75, 3.05) is 7.05 Å². The van der Waals surface area contributed by atoms with Crippen molar-refractivity contribution in [2.24, 2.45) is 9.98 Å². The zero-order valence-electron chi connectivity index (χ0n) is 6.13. The van der Waals surface area contributed by atoms with E-state index < -0.39 is 0 Å². The lowest BCUT2D eigenvalue weighted by Crippen LogP contribution is -1.69. The highest BCUT2D eigenvalue weighted by Gasteiger charge is 1.67. The molecule has 0 heterocycles. The second-order valence-corrected chi connectivity index (χ2v) is 1.92. The van der Waals surface area contributed by atoms with Crippen LogP contribution in [-0.4, -0.2) is 19.6 Å². The first-order valence-corrected chi connectivity index (χ1v) is 2.84. The Hall–Kier alpha value is -0.920. The van der Waals surface area contributed by atoms with Gasteiger partial charge in [-0.1, -0.05) is 5.57 Å². The van der Waals surface area contributed by atoms with Gasteiger partial charge in [0.25, 0.3) is 0 Å². The predicted octanol–water partition coefficient (Wildman–Crippen LogP) is 1.68. The minimum absolute atomic E-state index is 1.24. The van der Waals surface area contributed by atoms with Crippen LogP contribution in [0, 0.1) is 0 Å². The molecule has 0 fully saturated rings. The van der Waals surface area contributed by atoms with Gasteiger partial charge in [-0.2, -0.15) is 0 Å². The van der Waals surface area contributed by atoms with Crippen molar-refractivity contribution in [2.45, 2.75) is 13.8 Å². The zero-order chi connectivity index (χ0) is 7.11. The maximum atomic E-state index is 3.84. The largest absolute Gasteiger partial charge is 0.277 e. The first kappa shape index (κ1) is 8.08. The SMILES string of the molecule is C/N=C\N=C/C=C(C)C. The fourth-order valence-corrected chi connectivity index (χ4v) is 0.297. The fraction of sp³-hybridized carbons (Fsp3) is 0.429. The molecule has 0 aromatic carbocycles. The van der Waals surface area contributed by atoms with E-state index in [1.165, 1.54) is 11.9 Å². The molecule has 0 saturated heterocycles. The standard InChI is InChI=1S/C7H12N2/c1-7(2)4-5-9-6-8-3/h4-6H,1-3H3/b8-6-,9-5-. The average Bonchev–Trinajstić information content (AvgIpc) is 1.80. The van der Waals surface area contributed by atoms with Crippen LogP contribution in [0.15, 0.2) is 21.6 Å². The van der Waals surface area contributed by atoms with Crippen LogP contribution < -0.4 is 0 Å². The van der Waals surface area contributed by atoms with E-state index in [0.717, 1.165) is 0 Å². The molecule has 0 N–H and O–H groups in total. The van der Waals surface area contributed by atoms with Crippen molar-refractivity contribution in [3.63, 3.8) is 0 Å². The van der Waals surface area contributed by atoms with Gasteiger partial charge in [0.15, 0.2) is 0 Å². The van der Waals surface area contributed by atoms with Crippen LogP contribution in [0.25, 0.3) is 0 Å². The molecule has 0 rings (SSSR count). The van der Waals surface area contributed by atoms with E-state index in [2.05, 4.69) is 9.98 Å². The summed E-state index contributed by atoms with van der Waals surface area (Å²) in [7, 11) is 1.69. The summed E-state index contributed by atoms with van der Waals surface area (Å²) in [5.74, 6) is 0. The van der Waals surface area contributed by atoms with Crippen molar-refractivity contribution in [3.05, 3.63) is 11.6 Å². The topological polar surface area (TPSA) is 24.7 Å². The van der Waals surface area contributed by atoms with E-state index in [-0.39, 0.29) is 0 Å². The minimum atomic E-state index is 1.24. The quantitative estimate of drug-likeness (QED) is 0.395. The van der Waals surface area contributed by atoms with E-state index in [0.29, 0.717) is 0 Å². The van der Waals surface area contributed by atoms with E-state index in [9.17, 15) is 0 Å². The molecule has 0 aromatic rings. The van der Waals surface area contributed by atoms with Crippen LogP contribution in [0.3, 0.4) is 0 Å². The highest BCUT2D eigenvalue weighted by molar-refractivity contribution is 5.80. The highest BCUT2D eigenvalue weighted by atomic mass is 14.8. The van der Waals surface area contributed by atoms with Gasteiger partial charge in [0.2, 0.25) is 0 Å². The maximum Gasteiger partial charge on any atom is 0.109 e. The van der Waals surface area contributed by atoms with Gasteiger partial charge in [-0.25, -0.2) is 4.99 Å². The predicted molar refractivity (Wildman–Crippen MR) is 42.3 cm³/mol. The lowest BCUT2D eigenvalue weighted by Gasteiger charge is -1.78. The number of nitrogens with zero attached hydrogens (tertiary/aromatic N) is 2. The molecule has 50 valence electrons. The molecule has 0 bridgehead atoms. The summed E-state index contributed by atoms with van der Waals surface area (Å²) in [6.07, 6.45) is 5.17. The Morgan fingerprint density at radius 3 is 2.44 bits per heavy atom. The van der Waals surface area contributed by atoms with Gasteiger partial charge in [-0.3, -0.25) is 4.99 Å². The van der Waals surface area contributed by atoms with Crippen LogP contribution in [0.2, 0.25) is 0 Å². The third-order valence-corrected chi connectivity index (χ3v) is 0.676.